The zero-order chi connectivity index (χ0) is 35.2. The largest absolute Gasteiger partial charge is 0.497 e. The lowest BCUT2D eigenvalue weighted by Gasteiger charge is -2.17. The summed E-state index contributed by atoms with van der Waals surface area (Å²) in [6.45, 7) is 0. The van der Waals surface area contributed by atoms with Gasteiger partial charge in [0.05, 0.1) is 41.7 Å². The number of fused-ring (bicyclic) bond motifs is 6. The van der Waals surface area contributed by atoms with E-state index in [4.69, 9.17) is 14.2 Å². The van der Waals surface area contributed by atoms with E-state index >= 15 is 0 Å². The summed E-state index contributed by atoms with van der Waals surface area (Å²) in [5.41, 5.74) is 1.45. The van der Waals surface area contributed by atoms with Gasteiger partial charge in [-0.1, -0.05) is 42.5 Å². The maximum absolute atomic E-state index is 13.1. The van der Waals surface area contributed by atoms with Gasteiger partial charge in [-0.2, -0.15) is 0 Å². The van der Waals surface area contributed by atoms with Gasteiger partial charge >= 0.3 is 11.9 Å². The minimum absolute atomic E-state index is 0.119. The fourth-order valence-electron chi connectivity index (χ4n) is 7.47. The Morgan fingerprint density at radius 1 is 0.725 bits per heavy atom. The Labute approximate surface area is 293 Å². The van der Waals surface area contributed by atoms with Crippen molar-refractivity contribution in [3.05, 3.63) is 126 Å². The second kappa shape index (κ2) is 12.9. The molecule has 10 nitrogen and oxygen atoms in total. The second-order valence-corrected chi connectivity index (χ2v) is 13.1. The number of hydrogen-bond donors (Lipinski definition) is 1. The number of benzene rings is 4. The van der Waals surface area contributed by atoms with Gasteiger partial charge in [-0.25, -0.2) is 9.59 Å². The lowest BCUT2D eigenvalue weighted by Crippen LogP contribution is -2.32. The van der Waals surface area contributed by atoms with Gasteiger partial charge in [0.15, 0.2) is 0 Å². The van der Waals surface area contributed by atoms with Crippen LogP contribution in [-0.4, -0.2) is 36.8 Å². The molecule has 0 radical (unpaired) electrons. The Hall–Kier alpha value is -6.29. The topological polar surface area (TPSA) is 128 Å². The van der Waals surface area contributed by atoms with E-state index < -0.39 is 17.9 Å². The number of nitrogens with zero attached hydrogens (tertiary/aromatic N) is 1. The van der Waals surface area contributed by atoms with E-state index in [2.05, 4.69) is 5.32 Å². The molecule has 5 atom stereocenters. The first-order valence-electron chi connectivity index (χ1n) is 16.7. The van der Waals surface area contributed by atoms with Crippen LogP contribution in [0.1, 0.15) is 23.2 Å². The minimum atomic E-state index is -0.612. The molecule has 1 saturated carbocycles. The normalized spacial score (nSPS) is 22.9. The summed E-state index contributed by atoms with van der Waals surface area (Å²) in [5.74, 6) is -1.41. The van der Waals surface area contributed by atoms with Crippen LogP contribution in [0.25, 0.3) is 10.8 Å². The van der Waals surface area contributed by atoms with Crippen molar-refractivity contribution >= 4 is 51.8 Å². The van der Waals surface area contributed by atoms with Crippen molar-refractivity contribution in [2.24, 2.45) is 29.6 Å². The van der Waals surface area contributed by atoms with Crippen LogP contribution in [0, 0.1) is 29.6 Å². The quantitative estimate of drug-likeness (QED) is 0.0977. The molecule has 0 spiro atoms. The Bertz CT molecular complexity index is 2170. The fourth-order valence-corrected chi connectivity index (χ4v) is 7.47. The zero-order valence-corrected chi connectivity index (χ0v) is 27.5. The zero-order valence-electron chi connectivity index (χ0n) is 27.5. The number of carbonyl (C=O) groups is 5. The Morgan fingerprint density at radius 3 is 2.00 bits per heavy atom. The number of imide groups is 1. The molecule has 4 aliphatic rings. The van der Waals surface area contributed by atoms with Crippen molar-refractivity contribution in [1.82, 2.24) is 0 Å². The molecule has 51 heavy (non-hydrogen) atoms. The third kappa shape index (κ3) is 5.99. The average Bonchev–Trinajstić information content (AvgIpc) is 3.85. The first kappa shape index (κ1) is 31.9. The van der Waals surface area contributed by atoms with Crippen LogP contribution in [0.3, 0.4) is 0 Å². The summed E-state index contributed by atoms with van der Waals surface area (Å²) in [6.07, 6.45) is 10.4. The number of carbonyl (C=O) groups excluding carboxylic acids is 5. The van der Waals surface area contributed by atoms with Gasteiger partial charge in [-0.05, 0) is 108 Å². The first-order chi connectivity index (χ1) is 24.7. The molecule has 2 fully saturated rings. The Kier molecular flexibility index (Phi) is 8.06. The molecule has 4 aromatic carbocycles. The van der Waals surface area contributed by atoms with Crippen molar-refractivity contribution in [2.45, 2.75) is 12.8 Å². The molecule has 1 heterocycles. The Morgan fingerprint density at radius 2 is 1.33 bits per heavy atom. The van der Waals surface area contributed by atoms with Crippen molar-refractivity contribution in [2.75, 3.05) is 17.3 Å². The van der Waals surface area contributed by atoms with Crippen LogP contribution < -0.4 is 24.4 Å². The van der Waals surface area contributed by atoms with Gasteiger partial charge in [0.25, 0.3) is 0 Å². The molecule has 2 bridgehead atoms. The maximum atomic E-state index is 13.1. The SMILES string of the molecule is COc1ccc2cc(OC(=O)C3=CC(C(=O)Nc4ccc(OC(=O)c5ccc(N6C(=O)C7C8C=CC(C8)C7C6=O)cc5)cc4)CC=C3)ccc2c1. The average molecular weight is 681 g/mol. The highest BCUT2D eigenvalue weighted by Crippen LogP contribution is 2.53. The first-order valence-corrected chi connectivity index (χ1v) is 16.7. The van der Waals surface area contributed by atoms with Gasteiger partial charge in [0, 0.05) is 5.69 Å². The second-order valence-electron chi connectivity index (χ2n) is 13.1. The number of anilines is 2. The summed E-state index contributed by atoms with van der Waals surface area (Å²) in [5, 5.41) is 4.68. The molecule has 8 rings (SSSR count). The predicted octanol–water partition coefficient (Wildman–Crippen LogP) is 6.43. The number of allylic oxidation sites excluding steroid dienone is 3. The van der Waals surface area contributed by atoms with Crippen molar-refractivity contribution in [3.63, 3.8) is 0 Å². The molecule has 10 heteroatoms. The smallest absolute Gasteiger partial charge is 0.343 e. The van der Waals surface area contributed by atoms with Gasteiger partial charge < -0.3 is 19.5 Å². The summed E-state index contributed by atoms with van der Waals surface area (Å²) in [6, 6.07) is 23.5. The number of esters is 2. The van der Waals surface area contributed by atoms with Gasteiger partial charge in [-0.15, -0.1) is 0 Å². The molecule has 1 N–H and O–H groups in total. The predicted molar refractivity (Wildman–Crippen MR) is 188 cm³/mol. The minimum Gasteiger partial charge on any atom is -0.497 e. The fraction of sp³-hybridized carbons (Fsp3) is 0.195. The molecule has 3 amide bonds. The van der Waals surface area contributed by atoms with E-state index in [1.807, 2.05) is 36.4 Å². The van der Waals surface area contributed by atoms with E-state index in [9.17, 15) is 24.0 Å². The monoisotopic (exact) mass is 680 g/mol. The van der Waals surface area contributed by atoms with Crippen LogP contribution in [0.15, 0.2) is 121 Å². The molecule has 254 valence electrons. The molecule has 3 aliphatic carbocycles. The summed E-state index contributed by atoms with van der Waals surface area (Å²) in [7, 11) is 1.60. The molecular weight excluding hydrogens is 648 g/mol. The standard InChI is InChI=1S/C41H32N2O8/c1-49-33-15-9-25-22-34(16-10-24(25)21-33)51-41(48)29-4-2-3-28(20-29)37(44)42-30-11-17-32(18-12-30)50-40(47)23-7-13-31(14-8-23)43-38(45)35-26-5-6-27(19-26)36(35)39(43)46/h2,4-18,20-22,26-28,35-36H,3,19H2,1H3,(H,42,44). The molecule has 5 unspecified atom stereocenters. The number of nitrogens with one attached hydrogen (secondary N) is 1. The lowest BCUT2D eigenvalue weighted by atomic mass is 9.85. The number of hydrogen-bond acceptors (Lipinski definition) is 8. The van der Waals surface area contributed by atoms with Crippen LogP contribution in [0.2, 0.25) is 0 Å². The van der Waals surface area contributed by atoms with E-state index in [1.54, 1.807) is 73.9 Å². The summed E-state index contributed by atoms with van der Waals surface area (Å²) in [4.78, 5) is 66.4. The number of rotatable bonds is 8. The number of methoxy groups -OCH3 is 1. The third-order valence-electron chi connectivity index (χ3n) is 10.0. The van der Waals surface area contributed by atoms with E-state index in [0.717, 1.165) is 22.9 Å². The van der Waals surface area contributed by atoms with E-state index in [-0.39, 0.29) is 58.3 Å². The van der Waals surface area contributed by atoms with Crippen molar-refractivity contribution < 1.29 is 38.2 Å². The van der Waals surface area contributed by atoms with Crippen LogP contribution in [0.5, 0.6) is 17.2 Å². The van der Waals surface area contributed by atoms with Crippen molar-refractivity contribution in [3.8, 4) is 17.2 Å². The highest BCUT2D eigenvalue weighted by atomic mass is 16.5. The van der Waals surface area contributed by atoms with Crippen LogP contribution >= 0.6 is 0 Å². The van der Waals surface area contributed by atoms with Crippen LogP contribution in [0.4, 0.5) is 11.4 Å². The number of ether oxygens (including phenoxy) is 3. The van der Waals surface area contributed by atoms with E-state index in [1.165, 1.54) is 17.0 Å². The van der Waals surface area contributed by atoms with Crippen LogP contribution in [-0.2, 0) is 19.2 Å². The van der Waals surface area contributed by atoms with Crippen molar-refractivity contribution in [1.29, 1.82) is 0 Å². The molecule has 4 aromatic rings. The highest BCUT2D eigenvalue weighted by molar-refractivity contribution is 6.23. The molecular formula is C41H32N2O8. The van der Waals surface area contributed by atoms with Gasteiger partial charge in [0.1, 0.15) is 17.2 Å². The Balaban J connectivity index is 0.855. The van der Waals surface area contributed by atoms with Gasteiger partial charge in [-0.3, -0.25) is 19.3 Å². The lowest BCUT2D eigenvalue weighted by molar-refractivity contribution is -0.130. The molecule has 1 saturated heterocycles. The maximum Gasteiger partial charge on any atom is 0.343 e. The summed E-state index contributed by atoms with van der Waals surface area (Å²) < 4.78 is 16.4. The third-order valence-corrected chi connectivity index (χ3v) is 10.0. The van der Waals surface area contributed by atoms with E-state index in [0.29, 0.717) is 23.5 Å². The summed E-state index contributed by atoms with van der Waals surface area (Å²) >= 11 is 0. The van der Waals surface area contributed by atoms with Gasteiger partial charge in [0.2, 0.25) is 17.7 Å². The number of amides is 3. The molecule has 1 aliphatic heterocycles. The highest BCUT2D eigenvalue weighted by Gasteiger charge is 2.59. The molecule has 0 aromatic heterocycles.